The largest absolute Gasteiger partial charge is 0.332 e. The number of hydrogen-bond acceptors (Lipinski definition) is 4. The molecule has 0 saturated heterocycles. The number of rotatable bonds is 3. The minimum absolute atomic E-state index is 0.249. The Kier molecular flexibility index (Phi) is 3.33. The van der Waals surface area contributed by atoms with Gasteiger partial charge >= 0.3 is 5.69 Å². The molecule has 7 nitrogen and oxygen atoms in total. The fourth-order valence-electron chi connectivity index (χ4n) is 2.54. The van der Waals surface area contributed by atoms with Crippen molar-refractivity contribution in [2.45, 2.75) is 39.4 Å². The Labute approximate surface area is 116 Å². The lowest BCUT2D eigenvalue weighted by Gasteiger charge is -2.30. The lowest BCUT2D eigenvalue weighted by atomic mass is 10.2. The average molecular weight is 279 g/mol. The molecule has 110 valence electrons. The van der Waals surface area contributed by atoms with Gasteiger partial charge in [-0.05, 0) is 27.7 Å². The third-order valence-corrected chi connectivity index (χ3v) is 3.39. The summed E-state index contributed by atoms with van der Waals surface area (Å²) >= 11 is 0. The Balaban J connectivity index is 2.82. The average Bonchev–Trinajstić information content (AvgIpc) is 2.77. The highest BCUT2D eigenvalue weighted by Crippen LogP contribution is 2.17. The van der Waals surface area contributed by atoms with Gasteiger partial charge in [-0.15, -0.1) is 0 Å². The van der Waals surface area contributed by atoms with Crippen molar-refractivity contribution < 1.29 is 0 Å². The van der Waals surface area contributed by atoms with E-state index in [2.05, 4.69) is 10.3 Å². The van der Waals surface area contributed by atoms with Crippen LogP contribution in [0, 0.1) is 0 Å². The van der Waals surface area contributed by atoms with Gasteiger partial charge in [0.1, 0.15) is 0 Å². The van der Waals surface area contributed by atoms with Crippen LogP contribution in [0.15, 0.2) is 15.9 Å². The van der Waals surface area contributed by atoms with Gasteiger partial charge in [-0.1, -0.05) is 0 Å². The first-order valence-electron chi connectivity index (χ1n) is 6.58. The summed E-state index contributed by atoms with van der Waals surface area (Å²) in [5, 5.41) is 3.38. The highest BCUT2D eigenvalue weighted by molar-refractivity contribution is 5.70. The fourth-order valence-corrected chi connectivity index (χ4v) is 2.54. The number of hydrogen-bond donors (Lipinski definition) is 1. The van der Waals surface area contributed by atoms with Crippen molar-refractivity contribution >= 4 is 11.2 Å². The lowest BCUT2D eigenvalue weighted by Crippen LogP contribution is -2.47. The number of aromatic nitrogens is 4. The molecule has 2 aromatic heterocycles. The molecule has 0 amide bonds. The Morgan fingerprint density at radius 3 is 2.35 bits per heavy atom. The van der Waals surface area contributed by atoms with Crippen molar-refractivity contribution in [3.05, 3.63) is 27.2 Å². The van der Waals surface area contributed by atoms with Gasteiger partial charge in [0.2, 0.25) is 0 Å². The van der Waals surface area contributed by atoms with Crippen LogP contribution < -0.4 is 16.6 Å². The lowest BCUT2D eigenvalue weighted by molar-refractivity contribution is 0.256. The molecule has 0 spiro atoms. The number of imidazole rings is 1. The zero-order valence-electron chi connectivity index (χ0n) is 12.8. The number of aryl methyl sites for hydroxylation is 1. The van der Waals surface area contributed by atoms with Crippen LogP contribution in [-0.2, 0) is 19.8 Å². The molecule has 0 aliphatic carbocycles. The third-order valence-electron chi connectivity index (χ3n) is 3.39. The predicted octanol–water partition coefficient (Wildman–Crippen LogP) is 0.124. The van der Waals surface area contributed by atoms with Gasteiger partial charge in [0.15, 0.2) is 11.2 Å². The fraction of sp³-hybridized carbons (Fsp3) is 0.615. The topological polar surface area (TPSA) is 73.8 Å². The maximum absolute atomic E-state index is 12.4. The van der Waals surface area contributed by atoms with Crippen molar-refractivity contribution in [1.82, 2.24) is 24.0 Å². The van der Waals surface area contributed by atoms with Crippen LogP contribution in [0.5, 0.6) is 0 Å². The molecular weight excluding hydrogens is 258 g/mol. The van der Waals surface area contributed by atoms with Crippen molar-refractivity contribution in [2.24, 2.45) is 14.1 Å². The number of nitrogens with one attached hydrogen (secondary N) is 1. The molecular formula is C13H21N5O2. The molecule has 0 aliphatic rings. The SMILES string of the molecule is CC(C)NC(C)(C)n1cnc2c1c(=O)n(C)c(=O)n2C. The molecule has 2 aromatic rings. The first-order chi connectivity index (χ1) is 9.16. The van der Waals surface area contributed by atoms with Gasteiger partial charge < -0.3 is 4.57 Å². The summed E-state index contributed by atoms with van der Waals surface area (Å²) in [4.78, 5) is 28.5. The molecule has 0 aliphatic heterocycles. The third kappa shape index (κ3) is 2.07. The van der Waals surface area contributed by atoms with Crippen LogP contribution in [0.1, 0.15) is 27.7 Å². The van der Waals surface area contributed by atoms with E-state index in [9.17, 15) is 9.59 Å². The quantitative estimate of drug-likeness (QED) is 0.866. The van der Waals surface area contributed by atoms with E-state index in [1.807, 2.05) is 27.7 Å². The van der Waals surface area contributed by atoms with E-state index in [0.717, 1.165) is 4.57 Å². The minimum atomic E-state index is -0.480. The second-order valence-electron chi connectivity index (χ2n) is 5.85. The summed E-state index contributed by atoms with van der Waals surface area (Å²) < 4.78 is 4.27. The monoisotopic (exact) mass is 279 g/mol. The van der Waals surface area contributed by atoms with Gasteiger partial charge in [-0.25, -0.2) is 9.78 Å². The molecule has 0 atom stereocenters. The molecule has 0 aromatic carbocycles. The maximum Gasteiger partial charge on any atom is 0.332 e. The minimum Gasteiger partial charge on any atom is -0.306 e. The van der Waals surface area contributed by atoms with Crippen molar-refractivity contribution in [1.29, 1.82) is 0 Å². The zero-order valence-corrected chi connectivity index (χ0v) is 12.8. The maximum atomic E-state index is 12.4. The van der Waals surface area contributed by atoms with E-state index in [1.165, 1.54) is 11.6 Å². The zero-order chi connectivity index (χ0) is 15.2. The Morgan fingerprint density at radius 2 is 1.80 bits per heavy atom. The van der Waals surface area contributed by atoms with E-state index in [0.29, 0.717) is 11.2 Å². The van der Waals surface area contributed by atoms with Crippen LogP contribution in [-0.4, -0.2) is 24.7 Å². The Bertz CT molecular complexity index is 763. The van der Waals surface area contributed by atoms with E-state index < -0.39 is 5.66 Å². The van der Waals surface area contributed by atoms with Gasteiger partial charge in [0, 0.05) is 20.1 Å². The highest BCUT2D eigenvalue weighted by Gasteiger charge is 2.25. The van der Waals surface area contributed by atoms with Crippen molar-refractivity contribution in [2.75, 3.05) is 0 Å². The van der Waals surface area contributed by atoms with Crippen LogP contribution in [0.3, 0.4) is 0 Å². The second-order valence-corrected chi connectivity index (χ2v) is 5.85. The molecule has 0 fully saturated rings. The summed E-state index contributed by atoms with van der Waals surface area (Å²) in [5.41, 5.74) is -0.363. The molecule has 7 heteroatoms. The van der Waals surface area contributed by atoms with Gasteiger partial charge in [-0.2, -0.15) is 0 Å². The number of fused-ring (bicyclic) bond motifs is 1. The van der Waals surface area contributed by atoms with Crippen LogP contribution in [0.2, 0.25) is 0 Å². The van der Waals surface area contributed by atoms with Gasteiger partial charge in [0.25, 0.3) is 5.56 Å². The molecule has 1 N–H and O–H groups in total. The summed E-state index contributed by atoms with van der Waals surface area (Å²) in [6.07, 6.45) is 1.60. The van der Waals surface area contributed by atoms with Crippen molar-refractivity contribution in [3.8, 4) is 0 Å². The first-order valence-corrected chi connectivity index (χ1v) is 6.58. The van der Waals surface area contributed by atoms with E-state index in [-0.39, 0.29) is 17.3 Å². The summed E-state index contributed by atoms with van der Waals surface area (Å²) in [5.74, 6) is 0. The predicted molar refractivity (Wildman–Crippen MR) is 77.8 cm³/mol. The molecule has 0 bridgehead atoms. The molecule has 2 heterocycles. The standard InChI is InChI=1S/C13H21N5O2/c1-8(2)15-13(3,4)18-7-14-10-9(18)11(19)17(6)12(20)16(10)5/h7-8,15H,1-6H3. The van der Waals surface area contributed by atoms with Crippen LogP contribution in [0.4, 0.5) is 0 Å². The van der Waals surface area contributed by atoms with E-state index >= 15 is 0 Å². The van der Waals surface area contributed by atoms with Gasteiger partial charge in [-0.3, -0.25) is 19.2 Å². The summed E-state index contributed by atoms with van der Waals surface area (Å²) in [6.45, 7) is 8.01. The summed E-state index contributed by atoms with van der Waals surface area (Å²) in [6, 6.07) is 0.249. The molecule has 0 radical (unpaired) electrons. The molecule has 0 saturated carbocycles. The molecule has 2 rings (SSSR count). The number of nitrogens with zero attached hydrogens (tertiary/aromatic N) is 4. The normalized spacial score (nSPS) is 12.6. The van der Waals surface area contributed by atoms with Crippen LogP contribution >= 0.6 is 0 Å². The molecule has 20 heavy (non-hydrogen) atoms. The van der Waals surface area contributed by atoms with E-state index in [4.69, 9.17) is 0 Å². The van der Waals surface area contributed by atoms with Crippen LogP contribution in [0.25, 0.3) is 11.2 Å². The van der Waals surface area contributed by atoms with Gasteiger partial charge in [0.05, 0.1) is 12.0 Å². The summed E-state index contributed by atoms with van der Waals surface area (Å²) in [7, 11) is 3.09. The molecule has 0 unspecified atom stereocenters. The van der Waals surface area contributed by atoms with E-state index in [1.54, 1.807) is 17.9 Å². The Hall–Kier alpha value is -1.89. The highest BCUT2D eigenvalue weighted by atomic mass is 16.2. The smallest absolute Gasteiger partial charge is 0.306 e. The first kappa shape index (κ1) is 14.5. The second kappa shape index (κ2) is 4.59. The Morgan fingerprint density at radius 1 is 1.20 bits per heavy atom. The van der Waals surface area contributed by atoms with Crippen molar-refractivity contribution in [3.63, 3.8) is 0 Å².